The molecule has 2 nitrogen and oxygen atoms in total. The van der Waals surface area contributed by atoms with Crippen molar-refractivity contribution in [3.05, 3.63) is 66.0 Å². The van der Waals surface area contributed by atoms with E-state index >= 15 is 0 Å². The first-order valence-corrected chi connectivity index (χ1v) is 6.18. The van der Waals surface area contributed by atoms with Gasteiger partial charge in [0.2, 0.25) is 0 Å². The Labute approximate surface area is 111 Å². The van der Waals surface area contributed by atoms with Crippen LogP contribution in [0.25, 0.3) is 21.9 Å². The Morgan fingerprint density at radius 1 is 1.00 bits per heavy atom. The third-order valence-electron chi connectivity index (χ3n) is 3.34. The Bertz CT molecular complexity index is 757. The Morgan fingerprint density at radius 3 is 2.63 bits per heavy atom. The third-order valence-corrected chi connectivity index (χ3v) is 3.34. The zero-order chi connectivity index (χ0) is 13.2. The molecular weight excluding hydrogens is 234 g/mol. The lowest BCUT2D eigenvalue weighted by molar-refractivity contribution is 0.112. The molecule has 0 saturated carbocycles. The molecule has 0 aliphatic rings. The summed E-state index contributed by atoms with van der Waals surface area (Å²) < 4.78 is 0. The lowest BCUT2D eigenvalue weighted by atomic mass is 9.96. The average molecular weight is 247 g/mol. The first-order chi connectivity index (χ1) is 9.29. The molecule has 3 aromatic rings. The van der Waals surface area contributed by atoms with Crippen LogP contribution in [0.3, 0.4) is 0 Å². The fourth-order valence-corrected chi connectivity index (χ4v) is 2.39. The molecule has 0 spiro atoms. The van der Waals surface area contributed by atoms with Gasteiger partial charge in [0.1, 0.15) is 6.29 Å². The summed E-state index contributed by atoms with van der Waals surface area (Å²) in [6.07, 6.45) is 4.62. The molecule has 0 unspecified atom stereocenters. The molecule has 2 heteroatoms. The van der Waals surface area contributed by atoms with Crippen LogP contribution in [0.4, 0.5) is 0 Å². The van der Waals surface area contributed by atoms with Crippen LogP contribution in [0, 0.1) is 6.92 Å². The van der Waals surface area contributed by atoms with Gasteiger partial charge in [0.15, 0.2) is 0 Å². The second-order valence-electron chi connectivity index (χ2n) is 4.60. The van der Waals surface area contributed by atoms with Gasteiger partial charge in [-0.2, -0.15) is 0 Å². The lowest BCUT2D eigenvalue weighted by Gasteiger charge is -2.09. The predicted molar refractivity (Wildman–Crippen MR) is 77.3 cm³/mol. The van der Waals surface area contributed by atoms with Crippen molar-refractivity contribution in [1.29, 1.82) is 0 Å². The topological polar surface area (TPSA) is 30.0 Å². The van der Waals surface area contributed by atoms with E-state index in [1.807, 2.05) is 49.6 Å². The number of fused-ring (bicyclic) bond motifs is 1. The van der Waals surface area contributed by atoms with E-state index in [4.69, 9.17) is 0 Å². The van der Waals surface area contributed by atoms with Crippen LogP contribution < -0.4 is 0 Å². The number of nitrogens with zero attached hydrogens (tertiary/aromatic N) is 1. The minimum Gasteiger partial charge on any atom is -0.298 e. The van der Waals surface area contributed by atoms with Crippen molar-refractivity contribution >= 4 is 17.1 Å². The Morgan fingerprint density at radius 2 is 1.84 bits per heavy atom. The van der Waals surface area contributed by atoms with E-state index < -0.39 is 0 Å². The van der Waals surface area contributed by atoms with Crippen molar-refractivity contribution in [1.82, 2.24) is 4.98 Å². The molecule has 0 amide bonds. The molecule has 0 atom stereocenters. The van der Waals surface area contributed by atoms with Gasteiger partial charge in [-0.05, 0) is 29.5 Å². The van der Waals surface area contributed by atoms with Crippen molar-refractivity contribution in [2.45, 2.75) is 6.92 Å². The molecule has 92 valence electrons. The standard InChI is InChI=1S/C17H13NO/c1-12-8-13(11-19)6-7-15(12)17-10-18-9-14-4-2-3-5-16(14)17/h2-11H,1H3. The largest absolute Gasteiger partial charge is 0.298 e. The van der Waals surface area contributed by atoms with Gasteiger partial charge in [-0.25, -0.2) is 0 Å². The molecule has 0 aliphatic carbocycles. The maximum atomic E-state index is 10.8. The maximum absolute atomic E-state index is 10.8. The van der Waals surface area contributed by atoms with Crippen LogP contribution in [0.1, 0.15) is 15.9 Å². The Kier molecular flexibility index (Phi) is 2.84. The summed E-state index contributed by atoms with van der Waals surface area (Å²) in [5.74, 6) is 0. The van der Waals surface area contributed by atoms with E-state index in [-0.39, 0.29) is 0 Å². The van der Waals surface area contributed by atoms with E-state index in [1.165, 1.54) is 5.39 Å². The van der Waals surface area contributed by atoms with Gasteiger partial charge in [0.05, 0.1) is 0 Å². The number of rotatable bonds is 2. The number of aldehydes is 1. The molecular formula is C17H13NO. The SMILES string of the molecule is Cc1cc(C=O)ccc1-c1cncc2ccccc12. The highest BCUT2D eigenvalue weighted by Gasteiger charge is 2.07. The van der Waals surface area contributed by atoms with Gasteiger partial charge < -0.3 is 0 Å². The van der Waals surface area contributed by atoms with E-state index in [0.717, 1.165) is 28.4 Å². The Balaban J connectivity index is 2.27. The zero-order valence-corrected chi connectivity index (χ0v) is 10.6. The van der Waals surface area contributed by atoms with E-state index in [9.17, 15) is 4.79 Å². The van der Waals surface area contributed by atoms with Crippen LogP contribution >= 0.6 is 0 Å². The number of carbonyl (C=O) groups excluding carboxylic acids is 1. The maximum Gasteiger partial charge on any atom is 0.150 e. The first-order valence-electron chi connectivity index (χ1n) is 6.18. The predicted octanol–water partition coefficient (Wildman–Crippen LogP) is 4.02. The molecule has 0 radical (unpaired) electrons. The number of pyridine rings is 1. The van der Waals surface area contributed by atoms with Gasteiger partial charge in [0.25, 0.3) is 0 Å². The highest BCUT2D eigenvalue weighted by atomic mass is 16.1. The molecule has 0 aliphatic heterocycles. The van der Waals surface area contributed by atoms with E-state index in [0.29, 0.717) is 5.56 Å². The highest BCUT2D eigenvalue weighted by Crippen LogP contribution is 2.30. The van der Waals surface area contributed by atoms with Crippen molar-refractivity contribution < 1.29 is 4.79 Å². The number of hydrogen-bond donors (Lipinski definition) is 0. The van der Waals surface area contributed by atoms with Crippen molar-refractivity contribution in [3.8, 4) is 11.1 Å². The van der Waals surface area contributed by atoms with Crippen LogP contribution in [0.5, 0.6) is 0 Å². The van der Waals surface area contributed by atoms with Crippen molar-refractivity contribution in [2.75, 3.05) is 0 Å². The van der Waals surface area contributed by atoms with Gasteiger partial charge in [-0.3, -0.25) is 9.78 Å². The number of aryl methyl sites for hydroxylation is 1. The van der Waals surface area contributed by atoms with E-state index in [1.54, 1.807) is 0 Å². The molecule has 2 aromatic carbocycles. The molecule has 19 heavy (non-hydrogen) atoms. The average Bonchev–Trinajstić information content (AvgIpc) is 2.46. The minimum atomic E-state index is 0.703. The fraction of sp³-hybridized carbons (Fsp3) is 0.0588. The summed E-state index contributed by atoms with van der Waals surface area (Å²) in [7, 11) is 0. The van der Waals surface area contributed by atoms with Gasteiger partial charge in [0, 0.05) is 28.9 Å². The number of carbonyl (C=O) groups is 1. The minimum absolute atomic E-state index is 0.703. The fourth-order valence-electron chi connectivity index (χ4n) is 2.39. The third kappa shape index (κ3) is 2.02. The number of benzene rings is 2. The molecule has 0 bridgehead atoms. The normalized spacial score (nSPS) is 10.6. The second kappa shape index (κ2) is 4.65. The summed E-state index contributed by atoms with van der Waals surface area (Å²) in [6, 6.07) is 13.9. The quantitative estimate of drug-likeness (QED) is 0.640. The van der Waals surface area contributed by atoms with Gasteiger partial charge in [-0.15, -0.1) is 0 Å². The molecule has 3 rings (SSSR count). The molecule has 0 fully saturated rings. The zero-order valence-electron chi connectivity index (χ0n) is 10.6. The smallest absolute Gasteiger partial charge is 0.150 e. The van der Waals surface area contributed by atoms with Crippen LogP contribution in [-0.4, -0.2) is 11.3 Å². The second-order valence-corrected chi connectivity index (χ2v) is 4.60. The Hall–Kier alpha value is -2.48. The number of hydrogen-bond acceptors (Lipinski definition) is 2. The first kappa shape index (κ1) is 11.6. The summed E-state index contributed by atoms with van der Waals surface area (Å²) in [6.45, 7) is 2.02. The summed E-state index contributed by atoms with van der Waals surface area (Å²) in [5.41, 5.74) is 4.01. The van der Waals surface area contributed by atoms with Crippen LogP contribution in [0.2, 0.25) is 0 Å². The van der Waals surface area contributed by atoms with E-state index in [2.05, 4.69) is 17.1 Å². The monoisotopic (exact) mass is 247 g/mol. The van der Waals surface area contributed by atoms with Crippen molar-refractivity contribution in [3.63, 3.8) is 0 Å². The van der Waals surface area contributed by atoms with Crippen LogP contribution in [-0.2, 0) is 0 Å². The summed E-state index contributed by atoms with van der Waals surface area (Å²) >= 11 is 0. The molecule has 1 aromatic heterocycles. The molecule has 0 saturated heterocycles. The van der Waals surface area contributed by atoms with Crippen LogP contribution in [0.15, 0.2) is 54.9 Å². The van der Waals surface area contributed by atoms with Gasteiger partial charge in [-0.1, -0.05) is 36.4 Å². The molecule has 1 heterocycles. The number of aromatic nitrogens is 1. The van der Waals surface area contributed by atoms with Crippen molar-refractivity contribution in [2.24, 2.45) is 0 Å². The summed E-state index contributed by atoms with van der Waals surface area (Å²) in [5, 5.41) is 2.30. The summed E-state index contributed by atoms with van der Waals surface area (Å²) in [4.78, 5) is 15.1. The lowest BCUT2D eigenvalue weighted by Crippen LogP contribution is -1.89. The molecule has 0 N–H and O–H groups in total. The van der Waals surface area contributed by atoms with Gasteiger partial charge >= 0.3 is 0 Å². The highest BCUT2D eigenvalue weighted by molar-refractivity contribution is 5.96.